The van der Waals surface area contributed by atoms with Gasteiger partial charge < -0.3 is 9.73 Å². The molecule has 1 aliphatic carbocycles. The Balaban J connectivity index is 1.60. The number of aromatic nitrogens is 2. The van der Waals surface area contributed by atoms with Crippen molar-refractivity contribution in [1.29, 1.82) is 0 Å². The maximum Gasteiger partial charge on any atom is 0.277 e. The molecule has 1 aromatic heterocycles. The molecule has 5 nitrogen and oxygen atoms in total. The van der Waals surface area contributed by atoms with Crippen molar-refractivity contribution in [3.63, 3.8) is 0 Å². The third-order valence-electron chi connectivity index (χ3n) is 4.76. The van der Waals surface area contributed by atoms with E-state index in [0.29, 0.717) is 17.2 Å². The molecule has 1 saturated carbocycles. The Kier molecular flexibility index (Phi) is 5.78. The summed E-state index contributed by atoms with van der Waals surface area (Å²) in [6, 6.07) is 6.38. The molecule has 3 rings (SSSR count). The number of carbonyl (C=O) groups is 1. The third kappa shape index (κ3) is 4.63. The molecule has 134 valence electrons. The lowest BCUT2D eigenvalue weighted by atomic mass is 9.95. The van der Waals surface area contributed by atoms with Gasteiger partial charge in [0.1, 0.15) is 0 Å². The van der Waals surface area contributed by atoms with Crippen LogP contribution in [0.5, 0.6) is 0 Å². The maximum absolute atomic E-state index is 12.4. The number of rotatable bonds is 5. The topological polar surface area (TPSA) is 68.0 Å². The van der Waals surface area contributed by atoms with Crippen LogP contribution in [0, 0.1) is 13.8 Å². The van der Waals surface area contributed by atoms with Crippen LogP contribution < -0.4 is 5.32 Å². The van der Waals surface area contributed by atoms with Crippen molar-refractivity contribution in [1.82, 2.24) is 15.5 Å². The Morgan fingerprint density at radius 2 is 1.96 bits per heavy atom. The molecule has 1 aromatic carbocycles. The summed E-state index contributed by atoms with van der Waals surface area (Å²) >= 11 is 1.31. The zero-order chi connectivity index (χ0) is 17.8. The molecule has 0 spiro atoms. The molecule has 25 heavy (non-hydrogen) atoms. The van der Waals surface area contributed by atoms with Crippen molar-refractivity contribution in [2.75, 3.05) is 0 Å². The minimum absolute atomic E-state index is 0.0443. The van der Waals surface area contributed by atoms with Gasteiger partial charge in [0.2, 0.25) is 11.8 Å². The van der Waals surface area contributed by atoms with Crippen LogP contribution in [0.15, 0.2) is 27.8 Å². The standard InChI is InChI=1S/C19H25N3O2S/c1-12-9-10-15(11-13(12)2)18-21-22-19(24-18)25-14(3)17(23)20-16-7-5-4-6-8-16/h9-11,14,16H,4-8H2,1-3H3,(H,20,23)/t14-/m1/s1. The highest BCUT2D eigenvalue weighted by Crippen LogP contribution is 2.27. The van der Waals surface area contributed by atoms with Crippen molar-refractivity contribution in [3.8, 4) is 11.5 Å². The van der Waals surface area contributed by atoms with Crippen LogP contribution in [-0.4, -0.2) is 27.4 Å². The highest BCUT2D eigenvalue weighted by atomic mass is 32.2. The first-order chi connectivity index (χ1) is 12.0. The van der Waals surface area contributed by atoms with Gasteiger partial charge in [-0.25, -0.2) is 0 Å². The van der Waals surface area contributed by atoms with Crippen LogP contribution in [-0.2, 0) is 4.79 Å². The Morgan fingerprint density at radius 3 is 2.68 bits per heavy atom. The molecule has 2 aromatic rings. The van der Waals surface area contributed by atoms with Crippen molar-refractivity contribution in [3.05, 3.63) is 29.3 Å². The smallest absolute Gasteiger partial charge is 0.277 e. The van der Waals surface area contributed by atoms with Crippen LogP contribution >= 0.6 is 11.8 Å². The zero-order valence-electron chi connectivity index (χ0n) is 15.0. The third-order valence-corrected chi connectivity index (χ3v) is 5.69. The molecule has 0 unspecified atom stereocenters. The summed E-state index contributed by atoms with van der Waals surface area (Å²) in [6.07, 6.45) is 5.85. The molecule has 0 bridgehead atoms. The van der Waals surface area contributed by atoms with Crippen LogP contribution in [0.3, 0.4) is 0 Å². The fourth-order valence-corrected chi connectivity index (χ4v) is 3.71. The molecular formula is C19H25N3O2S. The fraction of sp³-hybridized carbons (Fsp3) is 0.526. The van der Waals surface area contributed by atoms with Crippen LogP contribution in [0.4, 0.5) is 0 Å². The van der Waals surface area contributed by atoms with Crippen LogP contribution in [0.1, 0.15) is 50.2 Å². The Hall–Kier alpha value is -1.82. The van der Waals surface area contributed by atoms with Crippen molar-refractivity contribution in [2.24, 2.45) is 0 Å². The van der Waals surface area contributed by atoms with Gasteiger partial charge >= 0.3 is 0 Å². The lowest BCUT2D eigenvalue weighted by Gasteiger charge is -2.23. The number of nitrogens with zero attached hydrogens (tertiary/aromatic N) is 2. The SMILES string of the molecule is Cc1ccc(-c2nnc(S[C@H](C)C(=O)NC3CCCCC3)o2)cc1C. The molecule has 1 aliphatic rings. The lowest BCUT2D eigenvalue weighted by molar-refractivity contribution is -0.121. The minimum Gasteiger partial charge on any atom is -0.411 e. The average molecular weight is 359 g/mol. The summed E-state index contributed by atoms with van der Waals surface area (Å²) < 4.78 is 5.74. The first-order valence-electron chi connectivity index (χ1n) is 8.91. The summed E-state index contributed by atoms with van der Waals surface area (Å²) in [4.78, 5) is 12.4. The molecule has 1 N–H and O–H groups in total. The van der Waals surface area contributed by atoms with Gasteiger partial charge in [-0.1, -0.05) is 37.1 Å². The molecule has 6 heteroatoms. The van der Waals surface area contributed by atoms with Crippen molar-refractivity contribution in [2.45, 2.75) is 69.4 Å². The van der Waals surface area contributed by atoms with Gasteiger partial charge in [0.15, 0.2) is 0 Å². The first kappa shape index (κ1) is 18.0. The van der Waals surface area contributed by atoms with E-state index in [1.54, 1.807) is 0 Å². The van der Waals surface area contributed by atoms with E-state index in [1.165, 1.54) is 42.2 Å². The predicted molar refractivity (Wildman–Crippen MR) is 99.5 cm³/mol. The second kappa shape index (κ2) is 8.04. The van der Waals surface area contributed by atoms with E-state index >= 15 is 0 Å². The molecule has 0 radical (unpaired) electrons. The van der Waals surface area contributed by atoms with E-state index in [9.17, 15) is 4.79 Å². The van der Waals surface area contributed by atoms with Gasteiger partial charge in [0, 0.05) is 11.6 Å². The summed E-state index contributed by atoms with van der Waals surface area (Å²) in [5.74, 6) is 0.535. The number of aryl methyl sites for hydroxylation is 2. The largest absolute Gasteiger partial charge is 0.411 e. The van der Waals surface area contributed by atoms with Gasteiger partial charge in [0.05, 0.1) is 5.25 Å². The molecule has 1 atom stereocenters. The van der Waals surface area contributed by atoms with Crippen molar-refractivity contribution < 1.29 is 9.21 Å². The molecule has 1 amide bonds. The Morgan fingerprint density at radius 1 is 1.20 bits per heavy atom. The average Bonchev–Trinajstić information content (AvgIpc) is 3.06. The van der Waals surface area contributed by atoms with E-state index < -0.39 is 0 Å². The number of hydrogen-bond donors (Lipinski definition) is 1. The molecule has 0 aliphatic heterocycles. The molecule has 1 fully saturated rings. The van der Waals surface area contributed by atoms with Gasteiger partial charge in [-0.05, 0) is 56.9 Å². The van der Waals surface area contributed by atoms with Crippen LogP contribution in [0.2, 0.25) is 0 Å². The van der Waals surface area contributed by atoms with E-state index in [-0.39, 0.29) is 11.2 Å². The van der Waals surface area contributed by atoms with E-state index in [1.807, 2.05) is 25.1 Å². The summed E-state index contributed by atoms with van der Waals surface area (Å²) in [5, 5.41) is 11.5. The van der Waals surface area contributed by atoms with Gasteiger partial charge in [-0.15, -0.1) is 10.2 Å². The Bertz CT molecular complexity index is 738. The number of carbonyl (C=O) groups excluding carboxylic acids is 1. The van der Waals surface area contributed by atoms with E-state index in [4.69, 9.17) is 4.42 Å². The highest BCUT2D eigenvalue weighted by molar-refractivity contribution is 8.00. The number of hydrogen-bond acceptors (Lipinski definition) is 5. The zero-order valence-corrected chi connectivity index (χ0v) is 15.9. The van der Waals surface area contributed by atoms with E-state index in [2.05, 4.69) is 29.4 Å². The number of nitrogens with one attached hydrogen (secondary N) is 1. The molecule has 1 heterocycles. The van der Waals surface area contributed by atoms with E-state index in [0.717, 1.165) is 18.4 Å². The van der Waals surface area contributed by atoms with Crippen molar-refractivity contribution >= 4 is 17.7 Å². The summed E-state index contributed by atoms with van der Waals surface area (Å²) in [6.45, 7) is 6.01. The number of thioether (sulfide) groups is 1. The molecular weight excluding hydrogens is 334 g/mol. The summed E-state index contributed by atoms with van der Waals surface area (Å²) in [5.41, 5.74) is 3.32. The highest BCUT2D eigenvalue weighted by Gasteiger charge is 2.22. The maximum atomic E-state index is 12.4. The number of benzene rings is 1. The lowest BCUT2D eigenvalue weighted by Crippen LogP contribution is -2.40. The molecule has 0 saturated heterocycles. The van der Waals surface area contributed by atoms with Gasteiger partial charge in [0.25, 0.3) is 5.22 Å². The van der Waals surface area contributed by atoms with Crippen LogP contribution in [0.25, 0.3) is 11.5 Å². The number of amides is 1. The normalized spacial score (nSPS) is 16.6. The quantitative estimate of drug-likeness (QED) is 0.807. The second-order valence-electron chi connectivity index (χ2n) is 6.78. The van der Waals surface area contributed by atoms with Gasteiger partial charge in [-0.3, -0.25) is 4.79 Å². The fourth-order valence-electron chi connectivity index (χ4n) is 3.02. The second-order valence-corrected chi connectivity index (χ2v) is 8.07. The predicted octanol–water partition coefficient (Wildman–Crippen LogP) is 4.28. The monoisotopic (exact) mass is 359 g/mol. The first-order valence-corrected chi connectivity index (χ1v) is 9.79. The Labute approximate surface area is 153 Å². The summed E-state index contributed by atoms with van der Waals surface area (Å²) in [7, 11) is 0. The van der Waals surface area contributed by atoms with Gasteiger partial charge in [-0.2, -0.15) is 0 Å². The minimum atomic E-state index is -0.255.